The summed E-state index contributed by atoms with van der Waals surface area (Å²) in [5.74, 6) is 0.585. The average molecular weight is 433 g/mol. The summed E-state index contributed by atoms with van der Waals surface area (Å²) in [6.45, 7) is 2.50. The topological polar surface area (TPSA) is 73.8 Å². The zero-order valence-corrected chi connectivity index (χ0v) is 17.4. The summed E-state index contributed by atoms with van der Waals surface area (Å²) in [5, 5.41) is 6.56. The molecule has 0 spiro atoms. The summed E-state index contributed by atoms with van der Waals surface area (Å²) in [6.07, 6.45) is 2.77. The summed E-state index contributed by atoms with van der Waals surface area (Å²) < 4.78 is 61.6. The van der Waals surface area contributed by atoms with Gasteiger partial charge in [0.25, 0.3) is 0 Å². The molecule has 0 unspecified atom stereocenters. The quantitative estimate of drug-likeness (QED) is 0.554. The van der Waals surface area contributed by atoms with Gasteiger partial charge in [-0.2, -0.15) is 17.5 Å². The van der Waals surface area contributed by atoms with Crippen molar-refractivity contribution in [3.05, 3.63) is 35.4 Å². The molecular formula is C19H27F3N4O2S. The molecular weight excluding hydrogens is 405 g/mol. The highest BCUT2D eigenvalue weighted by Crippen LogP contribution is 2.48. The van der Waals surface area contributed by atoms with Crippen LogP contribution in [0, 0.1) is 6.92 Å². The van der Waals surface area contributed by atoms with Gasteiger partial charge < -0.3 is 10.6 Å². The Hall–Kier alpha value is -1.81. The van der Waals surface area contributed by atoms with E-state index in [1.165, 1.54) is 11.1 Å². The van der Waals surface area contributed by atoms with Crippen LogP contribution in [-0.4, -0.2) is 56.9 Å². The smallest absolute Gasteiger partial charge is 0.356 e. The molecule has 0 bridgehead atoms. The van der Waals surface area contributed by atoms with Gasteiger partial charge in [-0.25, -0.2) is 8.42 Å². The fourth-order valence-electron chi connectivity index (χ4n) is 3.89. The molecule has 10 heteroatoms. The Balaban J connectivity index is 1.53. The van der Waals surface area contributed by atoms with Gasteiger partial charge in [0.1, 0.15) is 0 Å². The van der Waals surface area contributed by atoms with Gasteiger partial charge in [-0.1, -0.05) is 24.3 Å². The highest BCUT2D eigenvalue weighted by atomic mass is 32.2. The lowest BCUT2D eigenvalue weighted by atomic mass is 9.92. The summed E-state index contributed by atoms with van der Waals surface area (Å²) in [6, 6.07) is 8.18. The second kappa shape index (κ2) is 8.14. The van der Waals surface area contributed by atoms with Crippen LogP contribution in [0.3, 0.4) is 0 Å². The van der Waals surface area contributed by atoms with Crippen LogP contribution in [-0.2, 0) is 15.4 Å². The van der Waals surface area contributed by atoms with Gasteiger partial charge in [-0.05, 0) is 43.7 Å². The lowest BCUT2D eigenvalue weighted by Crippen LogP contribution is -2.52. The van der Waals surface area contributed by atoms with Crippen LogP contribution in [0.4, 0.5) is 13.2 Å². The third kappa shape index (κ3) is 4.69. The number of aryl methyl sites for hydroxylation is 1. The fourth-order valence-corrected chi connectivity index (χ4v) is 4.87. The van der Waals surface area contributed by atoms with Crippen LogP contribution in [0.25, 0.3) is 0 Å². The largest absolute Gasteiger partial charge is 0.511 e. The first-order chi connectivity index (χ1) is 13.6. The van der Waals surface area contributed by atoms with E-state index < -0.39 is 15.5 Å². The molecule has 3 rings (SSSR count). The number of benzene rings is 1. The van der Waals surface area contributed by atoms with Gasteiger partial charge in [0.15, 0.2) is 5.96 Å². The first-order valence-corrected chi connectivity index (χ1v) is 11.1. The van der Waals surface area contributed by atoms with E-state index in [1.807, 2.05) is 12.1 Å². The minimum absolute atomic E-state index is 0.0904. The first-order valence-electron chi connectivity index (χ1n) is 9.69. The van der Waals surface area contributed by atoms with Crippen molar-refractivity contribution < 1.29 is 21.6 Å². The van der Waals surface area contributed by atoms with Crippen LogP contribution in [0.1, 0.15) is 36.8 Å². The van der Waals surface area contributed by atoms with E-state index in [0.717, 1.165) is 19.4 Å². The van der Waals surface area contributed by atoms with E-state index in [4.69, 9.17) is 0 Å². The second-order valence-electron chi connectivity index (χ2n) is 7.79. The molecule has 6 nitrogen and oxygen atoms in total. The summed E-state index contributed by atoms with van der Waals surface area (Å²) in [7, 11) is -3.61. The number of piperidine rings is 1. The van der Waals surface area contributed by atoms with E-state index in [2.05, 4.69) is 34.7 Å². The lowest BCUT2D eigenvalue weighted by molar-refractivity contribution is -0.0494. The van der Waals surface area contributed by atoms with Crippen LogP contribution < -0.4 is 10.6 Å². The molecule has 2 aliphatic rings. The summed E-state index contributed by atoms with van der Waals surface area (Å²) in [5.41, 5.74) is -2.58. The molecule has 0 amide bonds. The fraction of sp³-hybridized carbons (Fsp3) is 0.632. The number of guanidine groups is 1. The van der Waals surface area contributed by atoms with Crippen molar-refractivity contribution in [1.29, 1.82) is 0 Å². The zero-order chi connectivity index (χ0) is 21.3. The van der Waals surface area contributed by atoms with Gasteiger partial charge >= 0.3 is 15.5 Å². The minimum atomic E-state index is -5.25. The maximum absolute atomic E-state index is 12.7. The zero-order valence-electron chi connectivity index (χ0n) is 16.6. The number of rotatable bonds is 5. The maximum Gasteiger partial charge on any atom is 0.511 e. The molecule has 1 aliphatic heterocycles. The average Bonchev–Trinajstić information content (AvgIpc) is 3.46. The van der Waals surface area contributed by atoms with Crippen LogP contribution >= 0.6 is 0 Å². The minimum Gasteiger partial charge on any atom is -0.356 e. The maximum atomic E-state index is 12.7. The molecule has 1 saturated heterocycles. The van der Waals surface area contributed by atoms with Crippen molar-refractivity contribution in [1.82, 2.24) is 14.9 Å². The highest BCUT2D eigenvalue weighted by Gasteiger charge is 2.50. The molecule has 2 N–H and O–H groups in total. The number of hydrogen-bond donors (Lipinski definition) is 2. The predicted octanol–water partition coefficient (Wildman–Crippen LogP) is 2.51. The van der Waals surface area contributed by atoms with Gasteiger partial charge in [0, 0.05) is 38.1 Å². The standard InChI is InChI=1S/C19H27F3N4O2S/c1-14-5-3-4-6-16(14)18(9-10-18)13-24-17(23-2)25-15-7-11-26(12-8-15)29(27,28)19(20,21)22/h3-6,15H,7-13H2,1-2H3,(H2,23,24,25). The Morgan fingerprint density at radius 1 is 1.24 bits per heavy atom. The monoisotopic (exact) mass is 432 g/mol. The number of nitrogens with zero attached hydrogens (tertiary/aromatic N) is 2. The van der Waals surface area contributed by atoms with Crippen molar-refractivity contribution >= 4 is 16.0 Å². The Labute approximate surface area is 169 Å². The number of nitrogens with one attached hydrogen (secondary N) is 2. The van der Waals surface area contributed by atoms with Crippen LogP contribution in [0.15, 0.2) is 29.3 Å². The normalized spacial score (nSPS) is 21.1. The van der Waals surface area contributed by atoms with E-state index in [-0.39, 0.29) is 24.5 Å². The number of halogens is 3. The van der Waals surface area contributed by atoms with Crippen molar-refractivity contribution in [2.75, 3.05) is 26.7 Å². The third-order valence-corrected chi connectivity index (χ3v) is 7.44. The summed E-state index contributed by atoms with van der Waals surface area (Å²) >= 11 is 0. The van der Waals surface area contributed by atoms with E-state index in [1.54, 1.807) is 7.05 Å². The Bertz CT molecular complexity index is 858. The molecule has 0 aromatic heterocycles. The molecule has 1 aliphatic carbocycles. The van der Waals surface area contributed by atoms with E-state index in [9.17, 15) is 21.6 Å². The number of hydrogen-bond acceptors (Lipinski definition) is 3. The predicted molar refractivity (Wildman–Crippen MR) is 106 cm³/mol. The van der Waals surface area contributed by atoms with Crippen LogP contribution in [0.2, 0.25) is 0 Å². The van der Waals surface area contributed by atoms with Crippen LogP contribution in [0.5, 0.6) is 0 Å². The number of alkyl halides is 3. The Morgan fingerprint density at radius 2 is 1.86 bits per heavy atom. The molecule has 1 saturated carbocycles. The van der Waals surface area contributed by atoms with Gasteiger partial charge in [-0.15, -0.1) is 0 Å². The molecule has 162 valence electrons. The van der Waals surface area contributed by atoms with E-state index >= 15 is 0 Å². The Kier molecular flexibility index (Phi) is 6.14. The first kappa shape index (κ1) is 21.9. The lowest BCUT2D eigenvalue weighted by Gasteiger charge is -2.32. The van der Waals surface area contributed by atoms with Gasteiger partial charge in [0.2, 0.25) is 0 Å². The highest BCUT2D eigenvalue weighted by molar-refractivity contribution is 7.90. The third-order valence-electron chi connectivity index (χ3n) is 5.81. The van der Waals surface area contributed by atoms with E-state index in [0.29, 0.717) is 23.1 Å². The number of sulfonamides is 1. The second-order valence-corrected chi connectivity index (χ2v) is 9.72. The van der Waals surface area contributed by atoms with Crippen molar-refractivity contribution in [2.45, 2.75) is 49.6 Å². The van der Waals surface area contributed by atoms with Gasteiger partial charge in [0.05, 0.1) is 0 Å². The molecule has 2 fully saturated rings. The van der Waals surface area contributed by atoms with Crippen molar-refractivity contribution in [3.8, 4) is 0 Å². The Morgan fingerprint density at radius 3 is 2.38 bits per heavy atom. The molecule has 1 aromatic rings. The SMILES string of the molecule is CN=C(NCC1(c2ccccc2C)CC1)NC1CCN(S(=O)(=O)C(F)(F)F)CC1. The molecule has 29 heavy (non-hydrogen) atoms. The van der Waals surface area contributed by atoms with Crippen molar-refractivity contribution in [3.63, 3.8) is 0 Å². The molecule has 0 radical (unpaired) electrons. The van der Waals surface area contributed by atoms with Gasteiger partial charge in [-0.3, -0.25) is 4.99 Å². The summed E-state index contributed by atoms with van der Waals surface area (Å²) in [4.78, 5) is 4.22. The molecule has 0 atom stereocenters. The van der Waals surface area contributed by atoms with Crippen molar-refractivity contribution in [2.24, 2.45) is 4.99 Å². The number of aliphatic imine (C=N–C) groups is 1. The molecule has 1 heterocycles. The molecule has 1 aromatic carbocycles.